The van der Waals surface area contributed by atoms with E-state index in [0.717, 1.165) is 5.56 Å². The molecule has 0 atom stereocenters. The molecule has 0 saturated carbocycles. The van der Waals surface area contributed by atoms with Gasteiger partial charge in [0.15, 0.2) is 5.78 Å². The van der Waals surface area contributed by atoms with Gasteiger partial charge < -0.3 is 0 Å². The zero-order chi connectivity index (χ0) is 20.0. The molecule has 0 bridgehead atoms. The lowest BCUT2D eigenvalue weighted by Crippen LogP contribution is -2.33. The molecule has 2 aromatic carbocycles. The molecule has 0 spiro atoms. The molecular formula is C22H22N2O3S. The lowest BCUT2D eigenvalue weighted by molar-refractivity contribution is 0.101. The second-order valence-electron chi connectivity index (χ2n) is 6.48. The summed E-state index contributed by atoms with van der Waals surface area (Å²) >= 11 is 0. The van der Waals surface area contributed by atoms with Gasteiger partial charge in [-0.3, -0.25) is 9.78 Å². The third-order valence-electron chi connectivity index (χ3n) is 4.46. The monoisotopic (exact) mass is 394 g/mol. The molecule has 3 rings (SSSR count). The van der Waals surface area contributed by atoms with Gasteiger partial charge in [0, 0.05) is 18.3 Å². The van der Waals surface area contributed by atoms with Gasteiger partial charge in [0.25, 0.3) is 0 Å². The van der Waals surface area contributed by atoms with Crippen molar-refractivity contribution in [2.24, 2.45) is 0 Å². The average Bonchev–Trinajstić information content (AvgIpc) is 2.72. The maximum Gasteiger partial charge on any atom is 0.243 e. The van der Waals surface area contributed by atoms with E-state index in [1.54, 1.807) is 24.4 Å². The summed E-state index contributed by atoms with van der Waals surface area (Å²) in [4.78, 5) is 15.9. The standard InChI is InChI=1S/C22H22N2O3S/c1-18(25)20-10-12-22(13-11-20)28(26,27)24(17-21-9-5-6-15-23-21)16-14-19-7-3-2-4-8-19/h2-13,15H,14,16-17H2,1H3. The molecule has 0 aliphatic carbocycles. The lowest BCUT2D eigenvalue weighted by Gasteiger charge is -2.22. The summed E-state index contributed by atoms with van der Waals surface area (Å²) in [6.45, 7) is 1.97. The van der Waals surface area contributed by atoms with Gasteiger partial charge in [0.05, 0.1) is 17.1 Å². The molecule has 28 heavy (non-hydrogen) atoms. The van der Waals surface area contributed by atoms with Gasteiger partial charge >= 0.3 is 0 Å². The summed E-state index contributed by atoms with van der Waals surface area (Å²) in [6, 6.07) is 21.3. The fraction of sp³-hybridized carbons (Fsp3) is 0.182. The highest BCUT2D eigenvalue weighted by molar-refractivity contribution is 7.89. The fourth-order valence-electron chi connectivity index (χ4n) is 2.87. The second-order valence-corrected chi connectivity index (χ2v) is 8.41. The minimum absolute atomic E-state index is 0.0987. The maximum absolute atomic E-state index is 13.3. The van der Waals surface area contributed by atoms with Crippen LogP contribution >= 0.6 is 0 Å². The van der Waals surface area contributed by atoms with E-state index in [0.29, 0.717) is 24.2 Å². The Morgan fingerprint density at radius 3 is 2.21 bits per heavy atom. The van der Waals surface area contributed by atoms with Crippen LogP contribution in [0.2, 0.25) is 0 Å². The predicted molar refractivity (Wildman–Crippen MR) is 108 cm³/mol. The number of Topliss-reactive ketones (excluding diaryl/α,β-unsaturated/α-hetero) is 1. The van der Waals surface area contributed by atoms with E-state index in [1.165, 1.54) is 23.4 Å². The van der Waals surface area contributed by atoms with Crippen molar-refractivity contribution in [3.05, 3.63) is 95.8 Å². The summed E-state index contributed by atoms with van der Waals surface area (Å²) in [5, 5.41) is 0. The number of aromatic nitrogens is 1. The smallest absolute Gasteiger partial charge is 0.243 e. The van der Waals surface area contributed by atoms with Crippen molar-refractivity contribution in [1.82, 2.24) is 9.29 Å². The molecule has 1 heterocycles. The van der Waals surface area contributed by atoms with E-state index >= 15 is 0 Å². The summed E-state index contributed by atoms with van der Waals surface area (Å²) in [7, 11) is -3.73. The highest BCUT2D eigenvalue weighted by atomic mass is 32.2. The zero-order valence-electron chi connectivity index (χ0n) is 15.7. The number of sulfonamides is 1. The Labute approximate surface area is 165 Å². The SMILES string of the molecule is CC(=O)c1ccc(S(=O)(=O)N(CCc2ccccc2)Cc2ccccn2)cc1. The van der Waals surface area contributed by atoms with Crippen LogP contribution in [0.1, 0.15) is 28.5 Å². The first kappa shape index (κ1) is 19.9. The van der Waals surface area contributed by atoms with Crippen LogP contribution in [-0.4, -0.2) is 30.0 Å². The van der Waals surface area contributed by atoms with Crippen LogP contribution in [-0.2, 0) is 23.0 Å². The minimum Gasteiger partial charge on any atom is -0.295 e. The van der Waals surface area contributed by atoms with Crippen molar-refractivity contribution in [3.8, 4) is 0 Å². The third-order valence-corrected chi connectivity index (χ3v) is 6.32. The number of benzene rings is 2. The predicted octanol–water partition coefficient (Wildman–Crippen LogP) is 3.72. The van der Waals surface area contributed by atoms with E-state index in [4.69, 9.17) is 0 Å². The van der Waals surface area contributed by atoms with E-state index in [1.807, 2.05) is 42.5 Å². The molecule has 0 saturated heterocycles. The Kier molecular flexibility index (Phi) is 6.34. The third kappa shape index (κ3) is 4.91. The fourth-order valence-corrected chi connectivity index (χ4v) is 4.28. The van der Waals surface area contributed by atoms with Crippen molar-refractivity contribution < 1.29 is 13.2 Å². The Balaban J connectivity index is 1.88. The van der Waals surface area contributed by atoms with Crippen LogP contribution < -0.4 is 0 Å². The van der Waals surface area contributed by atoms with Crippen LogP contribution in [0.15, 0.2) is 83.9 Å². The van der Waals surface area contributed by atoms with Crippen molar-refractivity contribution in [3.63, 3.8) is 0 Å². The number of carbonyl (C=O) groups is 1. The molecule has 0 fully saturated rings. The van der Waals surface area contributed by atoms with Gasteiger partial charge in [-0.25, -0.2) is 8.42 Å². The van der Waals surface area contributed by atoms with Crippen molar-refractivity contribution >= 4 is 15.8 Å². The first-order valence-corrected chi connectivity index (χ1v) is 10.5. The van der Waals surface area contributed by atoms with Crippen LogP contribution in [0, 0.1) is 0 Å². The number of rotatable bonds is 8. The topological polar surface area (TPSA) is 67.3 Å². The Morgan fingerprint density at radius 1 is 0.929 bits per heavy atom. The molecule has 0 radical (unpaired) electrons. The highest BCUT2D eigenvalue weighted by Gasteiger charge is 2.25. The second kappa shape index (κ2) is 8.91. The Hall–Kier alpha value is -2.83. The first-order valence-electron chi connectivity index (χ1n) is 9.02. The largest absolute Gasteiger partial charge is 0.295 e. The summed E-state index contributed by atoms with van der Waals surface area (Å²) in [5.41, 5.74) is 2.23. The molecule has 5 nitrogen and oxygen atoms in total. The molecule has 0 aliphatic rings. The number of ketones is 1. The van der Waals surface area contributed by atoms with Gasteiger partial charge in [-0.15, -0.1) is 0 Å². The van der Waals surface area contributed by atoms with Crippen molar-refractivity contribution in [2.45, 2.75) is 24.8 Å². The highest BCUT2D eigenvalue weighted by Crippen LogP contribution is 2.19. The van der Waals surface area contributed by atoms with Crippen LogP contribution in [0.5, 0.6) is 0 Å². The summed E-state index contributed by atoms with van der Waals surface area (Å²) in [5.74, 6) is -0.0987. The van der Waals surface area contributed by atoms with Gasteiger partial charge in [-0.05, 0) is 43.2 Å². The number of hydrogen-bond donors (Lipinski definition) is 0. The number of nitrogens with zero attached hydrogens (tertiary/aromatic N) is 2. The molecule has 6 heteroatoms. The minimum atomic E-state index is -3.73. The number of pyridine rings is 1. The van der Waals surface area contributed by atoms with Crippen LogP contribution in [0.4, 0.5) is 0 Å². The van der Waals surface area contributed by atoms with Gasteiger partial charge in [0.1, 0.15) is 0 Å². The van der Waals surface area contributed by atoms with Gasteiger partial charge in [-0.2, -0.15) is 4.31 Å². The van der Waals surface area contributed by atoms with Crippen LogP contribution in [0.3, 0.4) is 0 Å². The van der Waals surface area contributed by atoms with E-state index in [2.05, 4.69) is 4.98 Å². The number of hydrogen-bond acceptors (Lipinski definition) is 4. The average molecular weight is 394 g/mol. The Bertz CT molecular complexity index is 1020. The summed E-state index contributed by atoms with van der Waals surface area (Å²) in [6.07, 6.45) is 2.25. The quantitative estimate of drug-likeness (QED) is 0.546. The molecule has 0 amide bonds. The van der Waals surface area contributed by atoms with Crippen LogP contribution in [0.25, 0.3) is 0 Å². The Morgan fingerprint density at radius 2 is 1.61 bits per heavy atom. The number of carbonyl (C=O) groups excluding carboxylic acids is 1. The zero-order valence-corrected chi connectivity index (χ0v) is 16.5. The maximum atomic E-state index is 13.3. The van der Waals surface area contributed by atoms with Crippen molar-refractivity contribution in [1.29, 1.82) is 0 Å². The van der Waals surface area contributed by atoms with Gasteiger partial charge in [-0.1, -0.05) is 48.5 Å². The van der Waals surface area contributed by atoms with E-state index in [9.17, 15) is 13.2 Å². The van der Waals surface area contributed by atoms with E-state index < -0.39 is 10.0 Å². The van der Waals surface area contributed by atoms with E-state index in [-0.39, 0.29) is 17.2 Å². The normalized spacial score (nSPS) is 11.5. The molecule has 0 unspecified atom stereocenters. The molecule has 1 aromatic heterocycles. The van der Waals surface area contributed by atoms with Crippen molar-refractivity contribution in [2.75, 3.05) is 6.54 Å². The molecule has 0 aliphatic heterocycles. The first-order chi connectivity index (χ1) is 13.5. The molecule has 0 N–H and O–H groups in total. The molecular weight excluding hydrogens is 372 g/mol. The van der Waals surface area contributed by atoms with Gasteiger partial charge in [0.2, 0.25) is 10.0 Å². The lowest BCUT2D eigenvalue weighted by atomic mass is 10.1. The molecule has 3 aromatic rings. The molecule has 144 valence electrons. The summed E-state index contributed by atoms with van der Waals surface area (Å²) < 4.78 is 27.9.